The highest BCUT2D eigenvalue weighted by molar-refractivity contribution is 7.91. The summed E-state index contributed by atoms with van der Waals surface area (Å²) in [6.07, 6.45) is 6.74. The first-order valence-electron chi connectivity index (χ1n) is 9.95. The van der Waals surface area contributed by atoms with Crippen LogP contribution < -0.4 is 5.32 Å². The third-order valence-electron chi connectivity index (χ3n) is 6.28. The number of sulfone groups is 1. The summed E-state index contributed by atoms with van der Waals surface area (Å²) in [5.41, 5.74) is 1.22. The summed E-state index contributed by atoms with van der Waals surface area (Å²) < 4.78 is 23.2. The number of hydrogen-bond acceptors (Lipinski definition) is 6. The Labute approximate surface area is 160 Å². The lowest BCUT2D eigenvalue weighted by molar-refractivity contribution is 0.0767. The average molecular weight is 393 g/mol. The number of amides is 1. The van der Waals surface area contributed by atoms with E-state index in [9.17, 15) is 13.2 Å². The summed E-state index contributed by atoms with van der Waals surface area (Å²) in [5, 5.41) is 3.50. The van der Waals surface area contributed by atoms with Gasteiger partial charge in [-0.05, 0) is 37.0 Å². The Morgan fingerprint density at radius 2 is 1.96 bits per heavy atom. The van der Waals surface area contributed by atoms with E-state index < -0.39 is 9.84 Å². The number of aromatic nitrogens is 2. The predicted molar refractivity (Wildman–Crippen MR) is 104 cm³/mol. The molecule has 2 heterocycles. The molecule has 2 bridgehead atoms. The minimum Gasteiger partial charge on any atom is -0.351 e. The Morgan fingerprint density at radius 1 is 1.22 bits per heavy atom. The molecule has 3 aliphatic rings. The Bertz CT molecular complexity index is 825. The number of carbonyl (C=O) groups excluding carboxylic acids is 1. The third-order valence-corrected chi connectivity index (χ3v) is 7.89. The summed E-state index contributed by atoms with van der Waals surface area (Å²) in [6, 6.07) is 0.442. The Balaban J connectivity index is 1.51. The molecule has 1 amide bonds. The van der Waals surface area contributed by atoms with Crippen molar-refractivity contribution in [3.05, 3.63) is 17.5 Å². The first-order valence-corrected chi connectivity index (χ1v) is 11.8. The van der Waals surface area contributed by atoms with Gasteiger partial charge in [0, 0.05) is 25.3 Å². The van der Waals surface area contributed by atoms with Crippen molar-refractivity contribution in [2.75, 3.05) is 29.9 Å². The van der Waals surface area contributed by atoms with Gasteiger partial charge >= 0.3 is 0 Å². The van der Waals surface area contributed by atoms with Gasteiger partial charge in [0.05, 0.1) is 22.8 Å². The summed E-state index contributed by atoms with van der Waals surface area (Å²) in [6.45, 7) is 4.51. The van der Waals surface area contributed by atoms with Crippen LogP contribution in [0.5, 0.6) is 0 Å². The van der Waals surface area contributed by atoms with E-state index in [0.29, 0.717) is 17.6 Å². The molecule has 2 unspecified atom stereocenters. The van der Waals surface area contributed by atoms with Crippen LogP contribution in [0.4, 0.5) is 5.95 Å². The molecule has 3 fully saturated rings. The number of carbonyl (C=O) groups is 1. The fourth-order valence-corrected chi connectivity index (χ4v) is 5.94. The van der Waals surface area contributed by atoms with Crippen LogP contribution in [0.2, 0.25) is 0 Å². The van der Waals surface area contributed by atoms with Crippen LogP contribution in [0.15, 0.2) is 6.20 Å². The van der Waals surface area contributed by atoms with Crippen LogP contribution in [0.25, 0.3) is 0 Å². The standard InChI is InChI=1S/C19H28N4O3S/c1-12(2)17-15(18(24)23-5-7-27(25,26)8-6-23)11-20-19(22-17)21-16-10-13-3-4-14(16)9-13/h11-14,16H,3-10H2,1-2H3,(H,20,21,22)/t13?,14?,16-/m1/s1. The van der Waals surface area contributed by atoms with Gasteiger partial charge in [0.1, 0.15) is 0 Å². The molecule has 4 rings (SSSR count). The lowest BCUT2D eigenvalue weighted by Crippen LogP contribution is -2.44. The van der Waals surface area contributed by atoms with Gasteiger partial charge in [0.15, 0.2) is 9.84 Å². The minimum atomic E-state index is -3.02. The molecule has 0 aromatic carbocycles. The number of rotatable bonds is 4. The quantitative estimate of drug-likeness (QED) is 0.843. The summed E-state index contributed by atoms with van der Waals surface area (Å²) in [4.78, 5) is 23.6. The van der Waals surface area contributed by atoms with Crippen LogP contribution >= 0.6 is 0 Å². The van der Waals surface area contributed by atoms with E-state index in [4.69, 9.17) is 0 Å². The molecule has 2 saturated carbocycles. The van der Waals surface area contributed by atoms with Gasteiger partial charge in [-0.15, -0.1) is 0 Å². The number of nitrogens with one attached hydrogen (secondary N) is 1. The van der Waals surface area contributed by atoms with E-state index in [1.807, 2.05) is 13.8 Å². The molecule has 8 heteroatoms. The van der Waals surface area contributed by atoms with Crippen LogP contribution in [0.1, 0.15) is 61.5 Å². The smallest absolute Gasteiger partial charge is 0.257 e. The fourth-order valence-electron chi connectivity index (χ4n) is 4.74. The average Bonchev–Trinajstić information content (AvgIpc) is 3.24. The molecule has 2 aliphatic carbocycles. The van der Waals surface area contributed by atoms with E-state index in [1.165, 1.54) is 25.7 Å². The van der Waals surface area contributed by atoms with Crippen molar-refractivity contribution >= 4 is 21.7 Å². The van der Waals surface area contributed by atoms with Gasteiger partial charge < -0.3 is 10.2 Å². The molecule has 0 spiro atoms. The Hall–Kier alpha value is -1.70. The summed E-state index contributed by atoms with van der Waals surface area (Å²) >= 11 is 0. The molecule has 7 nitrogen and oxygen atoms in total. The number of anilines is 1. The maximum Gasteiger partial charge on any atom is 0.257 e. The fraction of sp³-hybridized carbons (Fsp3) is 0.737. The molecule has 1 N–H and O–H groups in total. The highest BCUT2D eigenvalue weighted by Crippen LogP contribution is 2.45. The van der Waals surface area contributed by atoms with E-state index in [-0.39, 0.29) is 36.4 Å². The van der Waals surface area contributed by atoms with Crippen LogP contribution in [0, 0.1) is 11.8 Å². The van der Waals surface area contributed by atoms with Crippen molar-refractivity contribution in [3.63, 3.8) is 0 Å². The number of hydrogen-bond donors (Lipinski definition) is 1. The van der Waals surface area contributed by atoms with Gasteiger partial charge in [-0.1, -0.05) is 20.3 Å². The maximum atomic E-state index is 12.9. The molecule has 0 radical (unpaired) electrons. The second kappa shape index (κ2) is 7.04. The van der Waals surface area contributed by atoms with Crippen molar-refractivity contribution in [2.45, 2.75) is 51.5 Å². The zero-order valence-electron chi connectivity index (χ0n) is 16.0. The maximum absolute atomic E-state index is 12.9. The zero-order chi connectivity index (χ0) is 19.2. The molecular formula is C19H28N4O3S. The number of nitrogens with zero attached hydrogens (tertiary/aromatic N) is 3. The molecule has 1 aliphatic heterocycles. The second-order valence-corrected chi connectivity index (χ2v) is 10.8. The van der Waals surface area contributed by atoms with Crippen molar-refractivity contribution in [3.8, 4) is 0 Å². The SMILES string of the molecule is CC(C)c1nc(N[C@@H]2CC3CCC2C3)ncc1C(=O)N1CCS(=O)(=O)CC1. The van der Waals surface area contributed by atoms with Crippen LogP contribution in [-0.2, 0) is 9.84 Å². The number of fused-ring (bicyclic) bond motifs is 2. The largest absolute Gasteiger partial charge is 0.351 e. The van der Waals surface area contributed by atoms with Crippen LogP contribution in [-0.4, -0.2) is 59.8 Å². The van der Waals surface area contributed by atoms with E-state index in [0.717, 1.165) is 17.5 Å². The minimum absolute atomic E-state index is 0.0283. The monoisotopic (exact) mass is 392 g/mol. The van der Waals surface area contributed by atoms with E-state index in [1.54, 1.807) is 11.1 Å². The molecular weight excluding hydrogens is 364 g/mol. The van der Waals surface area contributed by atoms with Gasteiger partial charge in [-0.3, -0.25) is 4.79 Å². The first-order chi connectivity index (χ1) is 12.8. The predicted octanol–water partition coefficient (Wildman–Crippen LogP) is 2.07. The van der Waals surface area contributed by atoms with Crippen molar-refractivity contribution in [1.82, 2.24) is 14.9 Å². The van der Waals surface area contributed by atoms with Crippen molar-refractivity contribution in [2.24, 2.45) is 11.8 Å². The Kier molecular flexibility index (Phi) is 4.86. The molecule has 3 atom stereocenters. The summed E-state index contributed by atoms with van der Waals surface area (Å²) in [7, 11) is -3.02. The first kappa shape index (κ1) is 18.7. The topological polar surface area (TPSA) is 92.3 Å². The lowest BCUT2D eigenvalue weighted by Gasteiger charge is -2.28. The molecule has 1 aromatic heterocycles. The van der Waals surface area contributed by atoms with E-state index in [2.05, 4.69) is 15.3 Å². The molecule has 148 valence electrons. The second-order valence-electron chi connectivity index (χ2n) is 8.52. The molecule has 1 saturated heterocycles. The Morgan fingerprint density at radius 3 is 2.56 bits per heavy atom. The lowest BCUT2D eigenvalue weighted by atomic mass is 9.95. The third kappa shape index (κ3) is 3.81. The van der Waals surface area contributed by atoms with Gasteiger partial charge in [-0.25, -0.2) is 18.4 Å². The van der Waals surface area contributed by atoms with Crippen molar-refractivity contribution < 1.29 is 13.2 Å². The normalized spacial score (nSPS) is 29.3. The highest BCUT2D eigenvalue weighted by Gasteiger charge is 2.40. The molecule has 27 heavy (non-hydrogen) atoms. The van der Waals surface area contributed by atoms with Gasteiger partial charge in [0.25, 0.3) is 5.91 Å². The van der Waals surface area contributed by atoms with E-state index >= 15 is 0 Å². The zero-order valence-corrected chi connectivity index (χ0v) is 16.8. The van der Waals surface area contributed by atoms with Crippen LogP contribution in [0.3, 0.4) is 0 Å². The summed E-state index contributed by atoms with van der Waals surface area (Å²) in [5.74, 6) is 2.14. The molecule has 1 aromatic rings. The highest BCUT2D eigenvalue weighted by atomic mass is 32.2. The van der Waals surface area contributed by atoms with Crippen molar-refractivity contribution in [1.29, 1.82) is 0 Å². The van der Waals surface area contributed by atoms with Gasteiger partial charge in [0.2, 0.25) is 5.95 Å². The van der Waals surface area contributed by atoms with Gasteiger partial charge in [-0.2, -0.15) is 0 Å².